The van der Waals surface area contributed by atoms with Crippen LogP contribution in [0.15, 0.2) is 0 Å². The van der Waals surface area contributed by atoms with Gasteiger partial charge in [0.15, 0.2) is 0 Å². The lowest BCUT2D eigenvalue weighted by Gasteiger charge is -2.36. The van der Waals surface area contributed by atoms with Gasteiger partial charge in [0.2, 0.25) is 0 Å². The molecule has 2 heteroatoms. The van der Waals surface area contributed by atoms with Crippen LogP contribution in [0.2, 0.25) is 0 Å². The maximum atomic E-state index is 3.69. The normalized spacial score (nSPS) is 23.8. The van der Waals surface area contributed by atoms with Crippen molar-refractivity contribution in [2.24, 2.45) is 5.41 Å². The Morgan fingerprint density at radius 1 is 1.24 bits per heavy atom. The minimum Gasteiger partial charge on any atom is -0.314 e. The lowest BCUT2D eigenvalue weighted by atomic mass is 9.85. The summed E-state index contributed by atoms with van der Waals surface area (Å²) in [6, 6.07) is 1.56. The van der Waals surface area contributed by atoms with Crippen molar-refractivity contribution in [1.29, 1.82) is 0 Å². The molecule has 17 heavy (non-hydrogen) atoms. The first kappa shape index (κ1) is 13.4. The number of nitrogens with one attached hydrogen (secondary N) is 1. The van der Waals surface area contributed by atoms with Crippen LogP contribution in [0.4, 0.5) is 0 Å². The summed E-state index contributed by atoms with van der Waals surface area (Å²) in [7, 11) is 0. The Bertz CT molecular complexity index is 227. The molecule has 2 nitrogen and oxygen atoms in total. The maximum Gasteiger partial charge on any atom is 0.00965 e. The van der Waals surface area contributed by atoms with Crippen LogP contribution in [0.25, 0.3) is 0 Å². The SMILES string of the molecule is CCN(CC1(CNC(C)C)CCCC1)C1CC1. The third kappa shape index (κ3) is 3.69. The average Bonchev–Trinajstić information content (AvgIpc) is 3.05. The van der Waals surface area contributed by atoms with E-state index in [0.29, 0.717) is 11.5 Å². The summed E-state index contributed by atoms with van der Waals surface area (Å²) in [6.07, 6.45) is 8.67. The van der Waals surface area contributed by atoms with Crippen LogP contribution >= 0.6 is 0 Å². The van der Waals surface area contributed by atoms with Gasteiger partial charge in [-0.1, -0.05) is 33.6 Å². The lowest BCUT2D eigenvalue weighted by Crippen LogP contribution is -2.44. The summed E-state index contributed by atoms with van der Waals surface area (Å²) in [5.41, 5.74) is 0.586. The van der Waals surface area contributed by atoms with E-state index in [1.54, 1.807) is 0 Å². The van der Waals surface area contributed by atoms with Crippen LogP contribution in [-0.2, 0) is 0 Å². The molecule has 0 aromatic rings. The lowest BCUT2D eigenvalue weighted by molar-refractivity contribution is 0.145. The average molecular weight is 238 g/mol. The van der Waals surface area contributed by atoms with Crippen LogP contribution in [0.1, 0.15) is 59.3 Å². The molecule has 0 atom stereocenters. The number of rotatable bonds is 7. The first-order valence-corrected chi connectivity index (χ1v) is 7.63. The monoisotopic (exact) mass is 238 g/mol. The van der Waals surface area contributed by atoms with E-state index in [-0.39, 0.29) is 0 Å². The van der Waals surface area contributed by atoms with Crippen molar-refractivity contribution in [3.05, 3.63) is 0 Å². The first-order valence-electron chi connectivity index (χ1n) is 7.63. The van der Waals surface area contributed by atoms with Crippen molar-refractivity contribution in [2.45, 2.75) is 71.4 Å². The zero-order valence-electron chi connectivity index (χ0n) is 12.0. The summed E-state index contributed by atoms with van der Waals surface area (Å²) in [4.78, 5) is 2.74. The first-order chi connectivity index (χ1) is 8.15. The van der Waals surface area contributed by atoms with Gasteiger partial charge in [-0.05, 0) is 37.6 Å². The van der Waals surface area contributed by atoms with Crippen molar-refractivity contribution < 1.29 is 0 Å². The summed E-state index contributed by atoms with van der Waals surface area (Å²) in [5.74, 6) is 0. The minimum atomic E-state index is 0.586. The standard InChI is InChI=1S/C15H30N2/c1-4-17(14-7-8-14)12-15(9-5-6-10-15)11-16-13(2)3/h13-14,16H,4-12H2,1-3H3. The highest BCUT2D eigenvalue weighted by atomic mass is 15.2. The van der Waals surface area contributed by atoms with Gasteiger partial charge >= 0.3 is 0 Å². The van der Waals surface area contributed by atoms with Gasteiger partial charge in [-0.15, -0.1) is 0 Å². The maximum absolute atomic E-state index is 3.69. The van der Waals surface area contributed by atoms with Crippen LogP contribution in [0.5, 0.6) is 0 Å². The molecule has 0 saturated heterocycles. The molecule has 100 valence electrons. The Morgan fingerprint density at radius 2 is 1.88 bits per heavy atom. The van der Waals surface area contributed by atoms with Gasteiger partial charge in [0.1, 0.15) is 0 Å². The molecular formula is C15H30N2. The molecule has 0 amide bonds. The third-order valence-corrected chi connectivity index (χ3v) is 4.56. The van der Waals surface area contributed by atoms with E-state index in [0.717, 1.165) is 6.04 Å². The molecule has 2 aliphatic rings. The fourth-order valence-corrected chi connectivity index (χ4v) is 3.31. The second kappa shape index (κ2) is 5.71. The largest absolute Gasteiger partial charge is 0.314 e. The second-order valence-corrected chi connectivity index (χ2v) is 6.54. The molecule has 0 aromatic heterocycles. The van der Waals surface area contributed by atoms with E-state index in [1.165, 1.54) is 58.2 Å². The van der Waals surface area contributed by atoms with Crippen molar-refractivity contribution in [2.75, 3.05) is 19.6 Å². The number of nitrogens with zero attached hydrogens (tertiary/aromatic N) is 1. The molecule has 1 N–H and O–H groups in total. The van der Waals surface area contributed by atoms with Crippen molar-refractivity contribution in [3.63, 3.8) is 0 Å². The minimum absolute atomic E-state index is 0.586. The highest BCUT2D eigenvalue weighted by Crippen LogP contribution is 2.40. The Kier molecular flexibility index (Phi) is 4.48. The molecule has 0 unspecified atom stereocenters. The summed E-state index contributed by atoms with van der Waals surface area (Å²) >= 11 is 0. The van der Waals surface area contributed by atoms with Gasteiger partial charge in [0, 0.05) is 25.2 Å². The van der Waals surface area contributed by atoms with E-state index >= 15 is 0 Å². The molecule has 2 saturated carbocycles. The second-order valence-electron chi connectivity index (χ2n) is 6.54. The molecule has 2 rings (SSSR count). The van der Waals surface area contributed by atoms with Crippen LogP contribution < -0.4 is 5.32 Å². The smallest absolute Gasteiger partial charge is 0.00965 e. The van der Waals surface area contributed by atoms with E-state index < -0.39 is 0 Å². The molecule has 0 aliphatic heterocycles. The van der Waals surface area contributed by atoms with Crippen molar-refractivity contribution in [1.82, 2.24) is 10.2 Å². The Labute approximate surface area is 107 Å². The molecule has 0 bridgehead atoms. The summed E-state index contributed by atoms with van der Waals surface area (Å²) in [5, 5.41) is 3.69. The van der Waals surface area contributed by atoms with Gasteiger partial charge in [-0.2, -0.15) is 0 Å². The topological polar surface area (TPSA) is 15.3 Å². The van der Waals surface area contributed by atoms with Gasteiger partial charge in [0.25, 0.3) is 0 Å². The predicted octanol–water partition coefficient (Wildman–Crippen LogP) is 3.03. The quantitative estimate of drug-likeness (QED) is 0.733. The Morgan fingerprint density at radius 3 is 2.35 bits per heavy atom. The van der Waals surface area contributed by atoms with Crippen molar-refractivity contribution in [3.8, 4) is 0 Å². The predicted molar refractivity (Wildman–Crippen MR) is 74.3 cm³/mol. The molecule has 2 aliphatic carbocycles. The van der Waals surface area contributed by atoms with Gasteiger partial charge in [-0.3, -0.25) is 0 Å². The molecule has 2 fully saturated rings. The molecular weight excluding hydrogens is 208 g/mol. The Balaban J connectivity index is 1.90. The molecule has 0 radical (unpaired) electrons. The molecule has 0 heterocycles. The van der Waals surface area contributed by atoms with E-state index in [9.17, 15) is 0 Å². The third-order valence-electron chi connectivity index (χ3n) is 4.56. The molecule has 0 aromatic carbocycles. The van der Waals surface area contributed by atoms with Crippen molar-refractivity contribution >= 4 is 0 Å². The van der Waals surface area contributed by atoms with E-state index in [1.807, 2.05) is 0 Å². The summed E-state index contributed by atoms with van der Waals surface area (Å²) < 4.78 is 0. The fraction of sp³-hybridized carbons (Fsp3) is 1.00. The highest BCUT2D eigenvalue weighted by Gasteiger charge is 2.38. The molecule has 0 spiro atoms. The van der Waals surface area contributed by atoms with Crippen LogP contribution in [-0.4, -0.2) is 36.6 Å². The zero-order valence-corrected chi connectivity index (χ0v) is 12.0. The zero-order chi connectivity index (χ0) is 12.3. The highest BCUT2D eigenvalue weighted by molar-refractivity contribution is 4.93. The number of hydrogen-bond acceptors (Lipinski definition) is 2. The Hall–Kier alpha value is -0.0800. The van der Waals surface area contributed by atoms with Crippen LogP contribution in [0, 0.1) is 5.41 Å². The van der Waals surface area contributed by atoms with E-state index in [4.69, 9.17) is 0 Å². The number of hydrogen-bond donors (Lipinski definition) is 1. The van der Waals surface area contributed by atoms with Gasteiger partial charge in [-0.25, -0.2) is 0 Å². The van der Waals surface area contributed by atoms with E-state index in [2.05, 4.69) is 31.0 Å². The van der Waals surface area contributed by atoms with Gasteiger partial charge in [0.05, 0.1) is 0 Å². The summed E-state index contributed by atoms with van der Waals surface area (Å²) in [6.45, 7) is 10.7. The van der Waals surface area contributed by atoms with Crippen LogP contribution in [0.3, 0.4) is 0 Å². The fourth-order valence-electron chi connectivity index (χ4n) is 3.31. The van der Waals surface area contributed by atoms with Gasteiger partial charge < -0.3 is 10.2 Å².